The Morgan fingerprint density at radius 3 is 2.53 bits per heavy atom. The maximum atomic E-state index is 6.26. The van der Waals surface area contributed by atoms with Gasteiger partial charge in [0.1, 0.15) is 0 Å². The fraction of sp³-hybridized carbons (Fsp3) is 1.00. The second-order valence-corrected chi connectivity index (χ2v) is 7.99. The van der Waals surface area contributed by atoms with Crippen LogP contribution in [0, 0.1) is 5.92 Å². The van der Waals surface area contributed by atoms with Crippen molar-refractivity contribution in [2.75, 3.05) is 24.7 Å². The van der Waals surface area contributed by atoms with Crippen molar-refractivity contribution in [2.45, 2.75) is 64.4 Å². The fourth-order valence-corrected chi connectivity index (χ4v) is 4.56. The third-order valence-electron chi connectivity index (χ3n) is 4.26. The lowest BCUT2D eigenvalue weighted by Crippen LogP contribution is -2.53. The van der Waals surface area contributed by atoms with Crippen LogP contribution in [-0.4, -0.2) is 48.0 Å². The van der Waals surface area contributed by atoms with E-state index in [4.69, 9.17) is 9.47 Å². The largest absolute Gasteiger partial charge is 0.375 e. The molecule has 0 aromatic carbocycles. The van der Waals surface area contributed by atoms with Crippen molar-refractivity contribution in [1.82, 2.24) is 5.32 Å². The minimum atomic E-state index is -0.0815. The van der Waals surface area contributed by atoms with Crippen molar-refractivity contribution < 1.29 is 9.47 Å². The molecule has 0 saturated carbocycles. The molecule has 2 aliphatic heterocycles. The van der Waals surface area contributed by atoms with Crippen LogP contribution in [0.1, 0.15) is 41.0 Å². The second kappa shape index (κ2) is 5.92. The Bertz CT molecular complexity index is 301. The standard InChI is InChI=1S/C15H29NO2S/c1-6-16-13(12-10-19-8-7-17-12)11-9-14(2,3)18-15(11,4)5/h11-13,16H,6-10H2,1-5H3. The van der Waals surface area contributed by atoms with Crippen LogP contribution >= 0.6 is 11.8 Å². The van der Waals surface area contributed by atoms with E-state index in [-0.39, 0.29) is 11.2 Å². The van der Waals surface area contributed by atoms with Gasteiger partial charge in [-0.15, -0.1) is 0 Å². The Hall–Kier alpha value is 0.230. The smallest absolute Gasteiger partial charge is 0.0822 e. The van der Waals surface area contributed by atoms with Gasteiger partial charge in [-0.25, -0.2) is 0 Å². The van der Waals surface area contributed by atoms with Crippen molar-refractivity contribution in [3.05, 3.63) is 0 Å². The van der Waals surface area contributed by atoms with Gasteiger partial charge in [0.25, 0.3) is 0 Å². The van der Waals surface area contributed by atoms with Crippen molar-refractivity contribution >= 4 is 11.8 Å². The van der Waals surface area contributed by atoms with Crippen LogP contribution in [0.4, 0.5) is 0 Å². The van der Waals surface area contributed by atoms with Crippen LogP contribution < -0.4 is 5.32 Å². The summed E-state index contributed by atoms with van der Waals surface area (Å²) >= 11 is 2.01. The molecule has 19 heavy (non-hydrogen) atoms. The van der Waals surface area contributed by atoms with Gasteiger partial charge in [0.05, 0.1) is 23.9 Å². The molecule has 4 heteroatoms. The molecule has 0 aromatic heterocycles. The van der Waals surface area contributed by atoms with Crippen molar-refractivity contribution in [3.8, 4) is 0 Å². The number of likely N-dealkylation sites (N-methyl/N-ethyl adjacent to an activating group) is 1. The minimum absolute atomic E-state index is 0.0242. The summed E-state index contributed by atoms with van der Waals surface area (Å²) in [5.41, 5.74) is -0.106. The minimum Gasteiger partial charge on any atom is -0.375 e. The first-order valence-corrected chi connectivity index (χ1v) is 8.64. The molecular weight excluding hydrogens is 258 g/mol. The van der Waals surface area contributed by atoms with E-state index in [9.17, 15) is 0 Å². The number of hydrogen-bond donors (Lipinski definition) is 1. The number of hydrogen-bond acceptors (Lipinski definition) is 4. The van der Waals surface area contributed by atoms with Gasteiger partial charge in [0.15, 0.2) is 0 Å². The lowest BCUT2D eigenvalue weighted by atomic mass is 9.79. The zero-order chi connectivity index (χ0) is 14.1. The van der Waals surface area contributed by atoms with Crippen LogP contribution in [0.5, 0.6) is 0 Å². The summed E-state index contributed by atoms with van der Waals surface area (Å²) in [6, 6.07) is 0.398. The van der Waals surface area contributed by atoms with E-state index in [2.05, 4.69) is 39.9 Å². The van der Waals surface area contributed by atoms with E-state index in [1.165, 1.54) is 0 Å². The summed E-state index contributed by atoms with van der Waals surface area (Å²) in [5.74, 6) is 2.74. The summed E-state index contributed by atoms with van der Waals surface area (Å²) < 4.78 is 12.3. The molecule has 0 spiro atoms. The maximum absolute atomic E-state index is 6.26. The molecular formula is C15H29NO2S. The van der Waals surface area contributed by atoms with Gasteiger partial charge in [-0.05, 0) is 40.7 Å². The highest BCUT2D eigenvalue weighted by atomic mass is 32.2. The first kappa shape index (κ1) is 15.6. The van der Waals surface area contributed by atoms with Gasteiger partial charge in [0.2, 0.25) is 0 Å². The molecule has 0 aliphatic carbocycles. The van der Waals surface area contributed by atoms with E-state index in [1.54, 1.807) is 0 Å². The van der Waals surface area contributed by atoms with Crippen molar-refractivity contribution in [2.24, 2.45) is 5.92 Å². The van der Waals surface area contributed by atoms with Crippen LogP contribution in [-0.2, 0) is 9.47 Å². The third kappa shape index (κ3) is 3.66. The predicted molar refractivity (Wildman–Crippen MR) is 81.9 cm³/mol. The Kier molecular flexibility index (Phi) is 4.87. The average molecular weight is 287 g/mol. The van der Waals surface area contributed by atoms with Crippen LogP contribution in [0.25, 0.3) is 0 Å². The van der Waals surface area contributed by atoms with Gasteiger partial charge < -0.3 is 14.8 Å². The summed E-state index contributed by atoms with van der Waals surface area (Å²) in [4.78, 5) is 0. The molecule has 2 rings (SSSR count). The normalized spacial score (nSPS) is 35.2. The third-order valence-corrected chi connectivity index (χ3v) is 5.28. The predicted octanol–water partition coefficient (Wildman–Crippen LogP) is 2.69. The van der Waals surface area contributed by atoms with Crippen LogP contribution in [0.2, 0.25) is 0 Å². The molecule has 3 unspecified atom stereocenters. The first-order chi connectivity index (χ1) is 8.86. The van der Waals surface area contributed by atoms with E-state index < -0.39 is 0 Å². The molecule has 0 aromatic rings. The van der Waals surface area contributed by atoms with Crippen LogP contribution in [0.3, 0.4) is 0 Å². The number of rotatable bonds is 4. The Balaban J connectivity index is 2.13. The van der Waals surface area contributed by atoms with E-state index >= 15 is 0 Å². The van der Waals surface area contributed by atoms with Crippen molar-refractivity contribution in [1.29, 1.82) is 0 Å². The Morgan fingerprint density at radius 1 is 1.32 bits per heavy atom. The molecule has 2 heterocycles. The lowest BCUT2D eigenvalue weighted by molar-refractivity contribution is -0.0846. The van der Waals surface area contributed by atoms with Gasteiger partial charge >= 0.3 is 0 Å². The molecule has 3 nitrogen and oxygen atoms in total. The highest BCUT2D eigenvalue weighted by Gasteiger charge is 2.50. The lowest BCUT2D eigenvalue weighted by Gasteiger charge is -2.39. The fourth-order valence-electron chi connectivity index (χ4n) is 3.65. The molecule has 0 radical (unpaired) electrons. The molecule has 3 atom stereocenters. The van der Waals surface area contributed by atoms with Gasteiger partial charge in [0, 0.05) is 23.5 Å². The Labute approximate surface area is 122 Å². The summed E-state index contributed by atoms with van der Waals surface area (Å²) in [5, 5.41) is 3.67. The van der Waals surface area contributed by atoms with E-state index in [0.29, 0.717) is 18.1 Å². The van der Waals surface area contributed by atoms with E-state index in [0.717, 1.165) is 31.1 Å². The first-order valence-electron chi connectivity index (χ1n) is 7.48. The molecule has 2 saturated heterocycles. The maximum Gasteiger partial charge on any atom is 0.0822 e. The van der Waals surface area contributed by atoms with Crippen molar-refractivity contribution in [3.63, 3.8) is 0 Å². The highest BCUT2D eigenvalue weighted by Crippen LogP contribution is 2.44. The summed E-state index contributed by atoms with van der Waals surface area (Å²) in [6.45, 7) is 12.9. The highest BCUT2D eigenvalue weighted by molar-refractivity contribution is 7.99. The average Bonchev–Trinajstić information content (AvgIpc) is 2.55. The zero-order valence-corrected chi connectivity index (χ0v) is 13.8. The number of ether oxygens (including phenoxy) is 2. The monoisotopic (exact) mass is 287 g/mol. The topological polar surface area (TPSA) is 30.5 Å². The zero-order valence-electron chi connectivity index (χ0n) is 13.0. The molecule has 2 fully saturated rings. The summed E-state index contributed by atoms with van der Waals surface area (Å²) in [6.07, 6.45) is 1.42. The molecule has 1 N–H and O–H groups in total. The molecule has 0 amide bonds. The quantitative estimate of drug-likeness (QED) is 0.861. The van der Waals surface area contributed by atoms with Gasteiger partial charge in [-0.3, -0.25) is 0 Å². The van der Waals surface area contributed by atoms with Crippen LogP contribution in [0.15, 0.2) is 0 Å². The number of thioether (sulfide) groups is 1. The number of nitrogens with one attached hydrogen (secondary N) is 1. The molecule has 112 valence electrons. The van der Waals surface area contributed by atoms with Gasteiger partial charge in [-0.1, -0.05) is 6.92 Å². The molecule has 0 bridgehead atoms. The summed E-state index contributed by atoms with van der Waals surface area (Å²) in [7, 11) is 0. The van der Waals surface area contributed by atoms with Gasteiger partial charge in [-0.2, -0.15) is 11.8 Å². The van der Waals surface area contributed by atoms with E-state index in [1.807, 2.05) is 11.8 Å². The SMILES string of the molecule is CCNC(C1CSCCO1)C1CC(C)(C)OC1(C)C. The second-order valence-electron chi connectivity index (χ2n) is 6.84. The Morgan fingerprint density at radius 2 is 2.05 bits per heavy atom. The molecule has 2 aliphatic rings.